The van der Waals surface area contributed by atoms with E-state index in [0.29, 0.717) is 18.5 Å². The molecule has 1 fully saturated rings. The Kier molecular flexibility index (Phi) is 12.7. The van der Waals surface area contributed by atoms with Gasteiger partial charge in [0, 0.05) is 19.0 Å². The molecule has 4 N–H and O–H groups in total. The minimum absolute atomic E-state index is 0.00253. The fourth-order valence-corrected chi connectivity index (χ4v) is 4.84. The molecule has 2 unspecified atom stereocenters. The summed E-state index contributed by atoms with van der Waals surface area (Å²) in [6.45, 7) is 9.55. The van der Waals surface area contributed by atoms with E-state index in [1.165, 1.54) is 0 Å². The van der Waals surface area contributed by atoms with Gasteiger partial charge in [0.1, 0.15) is 17.7 Å². The fraction of sp³-hybridized carbons (Fsp3) is 0.667. The number of amides is 4. The number of primary amides is 1. The molecule has 2 rings (SSSR count). The monoisotopic (exact) mass is 544 g/mol. The second-order valence-corrected chi connectivity index (χ2v) is 11.6. The molecular formula is C30H48N4O5. The van der Waals surface area contributed by atoms with Gasteiger partial charge < -0.3 is 26.0 Å². The van der Waals surface area contributed by atoms with Gasteiger partial charge in [-0.3, -0.25) is 14.4 Å². The average Bonchev–Trinajstić information content (AvgIpc) is 2.86. The summed E-state index contributed by atoms with van der Waals surface area (Å²) in [4.78, 5) is 53.9. The molecule has 4 amide bonds. The van der Waals surface area contributed by atoms with Gasteiger partial charge in [-0.25, -0.2) is 4.79 Å². The average molecular weight is 545 g/mol. The molecule has 1 aliphatic rings. The van der Waals surface area contributed by atoms with Crippen LogP contribution in [0.3, 0.4) is 0 Å². The molecular weight excluding hydrogens is 496 g/mol. The summed E-state index contributed by atoms with van der Waals surface area (Å²) in [6.07, 6.45) is 6.76. The van der Waals surface area contributed by atoms with Crippen LogP contribution in [0.4, 0.5) is 4.79 Å². The molecule has 2 atom stereocenters. The number of alkyl carbamates (subject to hydrolysis) is 1. The highest BCUT2D eigenvalue weighted by Crippen LogP contribution is 2.26. The predicted molar refractivity (Wildman–Crippen MR) is 152 cm³/mol. The summed E-state index contributed by atoms with van der Waals surface area (Å²) in [5.41, 5.74) is 6.36. The zero-order chi connectivity index (χ0) is 29.0. The number of nitrogens with two attached hydrogens (primary N) is 1. The molecule has 0 bridgehead atoms. The Balaban J connectivity index is 2.45. The zero-order valence-corrected chi connectivity index (χ0v) is 24.4. The number of unbranched alkanes of at least 4 members (excludes halogenated alkanes) is 2. The van der Waals surface area contributed by atoms with Crippen LogP contribution in [0, 0.1) is 6.92 Å². The van der Waals surface area contributed by atoms with Crippen molar-refractivity contribution in [3.8, 4) is 0 Å². The summed E-state index contributed by atoms with van der Waals surface area (Å²) >= 11 is 0. The maximum atomic E-state index is 14.2. The summed E-state index contributed by atoms with van der Waals surface area (Å²) in [7, 11) is 0. The molecule has 1 aliphatic carbocycles. The molecule has 9 nitrogen and oxygen atoms in total. The lowest BCUT2D eigenvalue weighted by atomic mass is 9.94. The van der Waals surface area contributed by atoms with Crippen LogP contribution >= 0.6 is 0 Å². The highest BCUT2D eigenvalue weighted by Gasteiger charge is 2.37. The van der Waals surface area contributed by atoms with Gasteiger partial charge in [0.25, 0.3) is 0 Å². The van der Waals surface area contributed by atoms with E-state index < -0.39 is 35.6 Å². The number of nitrogens with one attached hydrogen (secondary N) is 2. The lowest BCUT2D eigenvalue weighted by Gasteiger charge is -2.36. The molecule has 1 aromatic carbocycles. The number of ether oxygens (including phenoxy) is 1. The Morgan fingerprint density at radius 1 is 1.05 bits per heavy atom. The first-order valence-corrected chi connectivity index (χ1v) is 14.4. The lowest BCUT2D eigenvalue weighted by molar-refractivity contribution is -0.143. The van der Waals surface area contributed by atoms with Crippen molar-refractivity contribution < 1.29 is 23.9 Å². The predicted octanol–water partition coefficient (Wildman–Crippen LogP) is 4.66. The van der Waals surface area contributed by atoms with E-state index in [2.05, 4.69) is 17.6 Å². The van der Waals surface area contributed by atoms with Crippen LogP contribution in [0.1, 0.15) is 109 Å². The van der Waals surface area contributed by atoms with Crippen LogP contribution in [-0.4, -0.2) is 52.9 Å². The van der Waals surface area contributed by atoms with E-state index in [9.17, 15) is 19.2 Å². The van der Waals surface area contributed by atoms with E-state index >= 15 is 0 Å². The highest BCUT2D eigenvalue weighted by atomic mass is 16.6. The minimum atomic E-state index is -1.08. The molecule has 39 heavy (non-hydrogen) atoms. The van der Waals surface area contributed by atoms with Crippen LogP contribution in [0.25, 0.3) is 0 Å². The summed E-state index contributed by atoms with van der Waals surface area (Å²) < 4.78 is 5.39. The molecule has 0 saturated heterocycles. The number of benzene rings is 1. The highest BCUT2D eigenvalue weighted by molar-refractivity contribution is 5.92. The molecule has 0 aliphatic heterocycles. The van der Waals surface area contributed by atoms with Gasteiger partial charge in [-0.1, -0.05) is 68.9 Å². The number of carbonyl (C=O) groups excluding carboxylic acids is 4. The Hall–Kier alpha value is -3.10. The van der Waals surface area contributed by atoms with Crippen LogP contribution in [0.15, 0.2) is 24.3 Å². The molecule has 0 heterocycles. The van der Waals surface area contributed by atoms with Crippen LogP contribution in [0.2, 0.25) is 0 Å². The van der Waals surface area contributed by atoms with Gasteiger partial charge in [0.05, 0.1) is 0 Å². The first kappa shape index (κ1) is 32.1. The first-order valence-electron chi connectivity index (χ1n) is 14.4. The van der Waals surface area contributed by atoms with Gasteiger partial charge in [-0.05, 0) is 58.9 Å². The van der Waals surface area contributed by atoms with Gasteiger partial charge in [0.2, 0.25) is 17.7 Å². The summed E-state index contributed by atoms with van der Waals surface area (Å²) in [6, 6.07) is 5.71. The maximum Gasteiger partial charge on any atom is 0.408 e. The quantitative estimate of drug-likeness (QED) is 0.311. The van der Waals surface area contributed by atoms with E-state index in [4.69, 9.17) is 10.5 Å². The smallest absolute Gasteiger partial charge is 0.408 e. The van der Waals surface area contributed by atoms with Crippen LogP contribution < -0.4 is 16.4 Å². The topological polar surface area (TPSA) is 131 Å². The Bertz CT molecular complexity index is 951. The van der Waals surface area contributed by atoms with Crippen LogP contribution in [-0.2, 0) is 19.1 Å². The summed E-state index contributed by atoms with van der Waals surface area (Å²) in [5, 5.41) is 5.84. The second kappa shape index (κ2) is 15.5. The number of rotatable bonds is 13. The molecule has 0 aromatic heterocycles. The van der Waals surface area contributed by atoms with Crippen molar-refractivity contribution in [1.82, 2.24) is 15.5 Å². The minimum Gasteiger partial charge on any atom is -0.444 e. The molecule has 0 radical (unpaired) electrons. The third-order valence-electron chi connectivity index (χ3n) is 6.86. The number of hydrogen-bond donors (Lipinski definition) is 3. The maximum absolute atomic E-state index is 14.2. The van der Waals surface area contributed by atoms with Crippen molar-refractivity contribution in [1.29, 1.82) is 0 Å². The van der Waals surface area contributed by atoms with Crippen molar-refractivity contribution >= 4 is 23.8 Å². The van der Waals surface area contributed by atoms with Gasteiger partial charge in [-0.2, -0.15) is 0 Å². The van der Waals surface area contributed by atoms with Crippen molar-refractivity contribution in [2.45, 2.75) is 123 Å². The first-order chi connectivity index (χ1) is 18.4. The molecule has 1 saturated carbocycles. The Morgan fingerprint density at radius 2 is 1.69 bits per heavy atom. The third kappa shape index (κ3) is 11.3. The second-order valence-electron chi connectivity index (χ2n) is 11.6. The molecule has 0 spiro atoms. The van der Waals surface area contributed by atoms with Crippen molar-refractivity contribution in [3.05, 3.63) is 35.4 Å². The Labute approximate surface area is 233 Å². The normalized spacial score (nSPS) is 15.6. The summed E-state index contributed by atoms with van der Waals surface area (Å²) in [5.74, 6) is -1.26. The largest absolute Gasteiger partial charge is 0.444 e. The van der Waals surface area contributed by atoms with Gasteiger partial charge in [0.15, 0.2) is 0 Å². The zero-order valence-electron chi connectivity index (χ0n) is 24.4. The van der Waals surface area contributed by atoms with E-state index in [1.807, 2.05) is 31.2 Å². The van der Waals surface area contributed by atoms with Crippen molar-refractivity contribution in [2.24, 2.45) is 5.73 Å². The fourth-order valence-electron chi connectivity index (χ4n) is 4.84. The van der Waals surface area contributed by atoms with Crippen LogP contribution in [0.5, 0.6) is 0 Å². The van der Waals surface area contributed by atoms with E-state index in [-0.39, 0.29) is 24.8 Å². The Morgan fingerprint density at radius 3 is 2.26 bits per heavy atom. The number of carbonyl (C=O) groups is 4. The number of nitrogens with zero attached hydrogens (tertiary/aromatic N) is 1. The SMILES string of the molecule is CCCCCN(C(=O)C(CCC(N)=O)NC(=O)OC(C)(C)C)C(C(=O)NC1CCCCC1)c1ccc(C)cc1. The standard InChI is InChI=1S/C30H48N4O5/c1-6-7-11-20-34(28(37)24(18-19-25(31)35)33-29(38)39-30(3,4)5)26(22-16-14-21(2)15-17-22)27(36)32-23-12-9-8-10-13-23/h14-17,23-24,26H,6-13,18-20H2,1-5H3,(H2,31,35)(H,32,36)(H,33,38). The van der Waals surface area contributed by atoms with E-state index in [1.54, 1.807) is 25.7 Å². The lowest BCUT2D eigenvalue weighted by Crippen LogP contribution is -2.54. The van der Waals surface area contributed by atoms with Gasteiger partial charge in [-0.15, -0.1) is 0 Å². The van der Waals surface area contributed by atoms with Crippen molar-refractivity contribution in [3.63, 3.8) is 0 Å². The molecule has 1 aromatic rings. The molecule has 218 valence electrons. The van der Waals surface area contributed by atoms with Gasteiger partial charge >= 0.3 is 6.09 Å². The third-order valence-corrected chi connectivity index (χ3v) is 6.86. The number of hydrogen-bond acceptors (Lipinski definition) is 5. The van der Waals surface area contributed by atoms with Crippen molar-refractivity contribution in [2.75, 3.05) is 6.54 Å². The number of aryl methyl sites for hydroxylation is 1. The molecule has 9 heteroatoms. The van der Waals surface area contributed by atoms with E-state index in [0.717, 1.165) is 50.5 Å².